The molecule has 0 spiro atoms. The van der Waals surface area contributed by atoms with Crippen molar-refractivity contribution in [3.63, 3.8) is 0 Å². The molecule has 0 saturated carbocycles. The Balaban J connectivity index is 0.000000192. The van der Waals surface area contributed by atoms with E-state index in [0.717, 1.165) is 62.0 Å². The Bertz CT molecular complexity index is 1960. The zero-order valence-electron chi connectivity index (χ0n) is 30.5. The highest BCUT2D eigenvalue weighted by Gasteiger charge is 2.36. The van der Waals surface area contributed by atoms with Crippen molar-refractivity contribution in [3.05, 3.63) is 171 Å². The minimum absolute atomic E-state index is 0.0603. The summed E-state index contributed by atoms with van der Waals surface area (Å²) in [5, 5.41) is 4.86. The van der Waals surface area contributed by atoms with Gasteiger partial charge >= 0.3 is 0 Å². The summed E-state index contributed by atoms with van der Waals surface area (Å²) in [4.78, 5) is 5.12. The molecule has 7 rings (SSSR count). The fraction of sp³-hybridized carbons (Fsp3) is 0.318. The monoisotopic (exact) mass is 769 g/mol. The average Bonchev–Trinajstić information content (AvgIpc) is 3.76. The van der Waals surface area contributed by atoms with Crippen LogP contribution in [0.2, 0.25) is 10.0 Å². The lowest BCUT2D eigenvalue weighted by atomic mass is 9.89. The molecule has 5 aromatic carbocycles. The van der Waals surface area contributed by atoms with Crippen molar-refractivity contribution in [1.82, 2.24) is 15.1 Å². The number of aryl methyl sites for hydroxylation is 1. The van der Waals surface area contributed by atoms with E-state index in [9.17, 15) is 8.42 Å². The van der Waals surface area contributed by atoms with E-state index in [0.29, 0.717) is 16.9 Å². The number of nitrogens with one attached hydrogen (secondary N) is 1. The Morgan fingerprint density at radius 2 is 1.08 bits per heavy atom. The van der Waals surface area contributed by atoms with Crippen LogP contribution in [0.25, 0.3) is 0 Å². The number of benzene rings is 5. The Morgan fingerprint density at radius 1 is 0.623 bits per heavy atom. The predicted octanol–water partition coefficient (Wildman–Crippen LogP) is 9.04. The summed E-state index contributed by atoms with van der Waals surface area (Å²) in [5.74, 6) is 1.46. The van der Waals surface area contributed by atoms with Crippen molar-refractivity contribution in [2.75, 3.05) is 46.4 Å². The van der Waals surface area contributed by atoms with Gasteiger partial charge in [-0.05, 0) is 85.1 Å². The van der Waals surface area contributed by atoms with E-state index < -0.39 is 10.1 Å². The number of halogens is 2. The second kappa shape index (κ2) is 18.7. The maximum atomic E-state index is 12.7. The van der Waals surface area contributed by atoms with Crippen LogP contribution in [0.5, 0.6) is 0 Å². The van der Waals surface area contributed by atoms with Crippen molar-refractivity contribution in [1.29, 1.82) is 0 Å². The summed E-state index contributed by atoms with van der Waals surface area (Å²) < 4.78 is 30.9. The van der Waals surface area contributed by atoms with Gasteiger partial charge in [0.2, 0.25) is 0 Å². The lowest BCUT2D eigenvalue weighted by molar-refractivity contribution is 0.237. The first-order valence-electron chi connectivity index (χ1n) is 18.3. The van der Waals surface area contributed by atoms with E-state index in [2.05, 4.69) is 69.7 Å². The van der Waals surface area contributed by atoms with Gasteiger partial charge in [0.1, 0.15) is 0 Å². The number of nitrogens with zero attached hydrogens (tertiary/aromatic N) is 2. The smallest absolute Gasteiger partial charge is 0.296 e. The highest BCUT2D eigenvalue weighted by Crippen LogP contribution is 2.36. The molecule has 1 N–H and O–H groups in total. The van der Waals surface area contributed by atoms with Crippen molar-refractivity contribution in [3.8, 4) is 0 Å². The van der Waals surface area contributed by atoms with Gasteiger partial charge in [-0.2, -0.15) is 8.42 Å². The van der Waals surface area contributed by atoms with Crippen molar-refractivity contribution in [2.45, 2.75) is 36.7 Å². The third kappa shape index (κ3) is 11.0. The number of hydrogen-bond donors (Lipinski definition) is 1. The molecule has 278 valence electrons. The average molecular weight is 771 g/mol. The van der Waals surface area contributed by atoms with E-state index in [-0.39, 0.29) is 23.3 Å². The molecular formula is C44H49Cl2N3O3S. The van der Waals surface area contributed by atoms with Crippen LogP contribution in [-0.4, -0.2) is 64.6 Å². The Hall–Kier alpha value is -3.53. The first-order chi connectivity index (χ1) is 25.7. The summed E-state index contributed by atoms with van der Waals surface area (Å²) in [7, 11) is -1.75. The molecule has 0 aromatic heterocycles. The lowest BCUT2D eigenvalue weighted by Crippen LogP contribution is -2.25. The minimum atomic E-state index is -3.79. The van der Waals surface area contributed by atoms with Crippen LogP contribution < -0.4 is 5.32 Å². The van der Waals surface area contributed by atoms with Gasteiger partial charge in [0, 0.05) is 67.1 Å². The number of hydrogen-bond acceptors (Lipinski definition) is 6. The van der Waals surface area contributed by atoms with E-state index in [1.807, 2.05) is 68.6 Å². The van der Waals surface area contributed by atoms with Crippen LogP contribution in [0.4, 0.5) is 0 Å². The van der Waals surface area contributed by atoms with Gasteiger partial charge in [-0.15, -0.1) is 0 Å². The Labute approximate surface area is 325 Å². The molecule has 0 aliphatic carbocycles. The molecule has 5 aromatic rings. The van der Waals surface area contributed by atoms with Gasteiger partial charge in [0.25, 0.3) is 10.1 Å². The molecular weight excluding hydrogens is 721 g/mol. The SMILES string of the molecule is CNC[C@H]1CN(Cc2ccccc2)C[C@@H]1c1ccc(Cl)cc1.Cc1ccc(S(=O)(=O)OC[C@H]2CN(Cc3ccccc3)C[C@@H]2c2ccc(Cl)cc2)cc1. The molecule has 2 fully saturated rings. The second-order valence-electron chi connectivity index (χ2n) is 14.3. The lowest BCUT2D eigenvalue weighted by Gasteiger charge is -2.19. The Kier molecular flexibility index (Phi) is 13.8. The van der Waals surface area contributed by atoms with Crippen LogP contribution in [0.1, 0.15) is 39.7 Å². The maximum Gasteiger partial charge on any atom is 0.296 e. The quantitative estimate of drug-likeness (QED) is 0.128. The van der Waals surface area contributed by atoms with Gasteiger partial charge in [0.15, 0.2) is 0 Å². The van der Waals surface area contributed by atoms with E-state index in [1.54, 1.807) is 24.3 Å². The molecule has 2 saturated heterocycles. The number of likely N-dealkylation sites (tertiary alicyclic amines) is 2. The summed E-state index contributed by atoms with van der Waals surface area (Å²) in [6.07, 6.45) is 0. The van der Waals surface area contributed by atoms with Crippen LogP contribution in [0.15, 0.2) is 138 Å². The third-order valence-electron chi connectivity index (χ3n) is 10.3. The Morgan fingerprint density at radius 3 is 1.55 bits per heavy atom. The third-order valence-corrected chi connectivity index (χ3v) is 12.1. The fourth-order valence-corrected chi connectivity index (χ4v) is 8.84. The normalized spacial score (nSPS) is 20.6. The van der Waals surface area contributed by atoms with E-state index in [4.69, 9.17) is 27.4 Å². The molecule has 0 unspecified atom stereocenters. The number of rotatable bonds is 12. The second-order valence-corrected chi connectivity index (χ2v) is 16.8. The molecule has 0 radical (unpaired) electrons. The summed E-state index contributed by atoms with van der Waals surface area (Å²) in [6.45, 7) is 8.85. The first kappa shape index (κ1) is 39.2. The van der Waals surface area contributed by atoms with Crippen molar-refractivity contribution < 1.29 is 12.6 Å². The summed E-state index contributed by atoms with van der Waals surface area (Å²) in [5.41, 5.74) is 6.20. The molecule has 2 aliphatic rings. The zero-order chi connectivity index (χ0) is 37.2. The highest BCUT2D eigenvalue weighted by molar-refractivity contribution is 7.86. The van der Waals surface area contributed by atoms with Crippen LogP contribution in [0, 0.1) is 18.8 Å². The highest BCUT2D eigenvalue weighted by atomic mass is 35.5. The van der Waals surface area contributed by atoms with Gasteiger partial charge in [-0.1, -0.05) is 126 Å². The molecule has 0 amide bonds. The molecule has 53 heavy (non-hydrogen) atoms. The molecule has 0 bridgehead atoms. The zero-order valence-corrected chi connectivity index (χ0v) is 32.8. The van der Waals surface area contributed by atoms with Gasteiger partial charge in [-0.25, -0.2) is 0 Å². The summed E-state index contributed by atoms with van der Waals surface area (Å²) in [6, 6.07) is 44.0. The van der Waals surface area contributed by atoms with Gasteiger partial charge in [0.05, 0.1) is 11.5 Å². The van der Waals surface area contributed by atoms with Crippen molar-refractivity contribution in [2.24, 2.45) is 11.8 Å². The van der Waals surface area contributed by atoms with Crippen LogP contribution >= 0.6 is 23.2 Å². The topological polar surface area (TPSA) is 61.9 Å². The molecule has 6 nitrogen and oxygen atoms in total. The predicted molar refractivity (Wildman–Crippen MR) is 217 cm³/mol. The molecule has 2 aliphatic heterocycles. The first-order valence-corrected chi connectivity index (χ1v) is 20.5. The van der Waals surface area contributed by atoms with E-state index in [1.165, 1.54) is 16.7 Å². The largest absolute Gasteiger partial charge is 0.319 e. The maximum absolute atomic E-state index is 12.7. The van der Waals surface area contributed by atoms with Gasteiger partial charge < -0.3 is 5.32 Å². The van der Waals surface area contributed by atoms with Crippen LogP contribution in [0.3, 0.4) is 0 Å². The van der Waals surface area contributed by atoms with Gasteiger partial charge in [-0.3, -0.25) is 14.0 Å². The fourth-order valence-electron chi connectivity index (χ4n) is 7.63. The molecule has 4 atom stereocenters. The molecule has 2 heterocycles. The minimum Gasteiger partial charge on any atom is -0.319 e. The summed E-state index contributed by atoms with van der Waals surface area (Å²) >= 11 is 12.1. The standard InChI is InChI=1S/C25H26ClNO3S.C19H23ClN2/c1-19-7-13-24(14-8-19)31(28,29)30-18-22-16-27(15-20-5-3-2-4-6-20)17-25(22)21-9-11-23(26)12-10-21;1-21-11-17-13-22(12-15-5-3-2-4-6-15)14-19(17)16-7-9-18(20)10-8-16/h2-14,22,25H,15-18H2,1H3;2-10,17,19,21H,11-14H2,1H3/t22-,25-;17-,19+/m10/s1. The molecule has 9 heteroatoms. The van der Waals surface area contributed by atoms with Crippen molar-refractivity contribution >= 4 is 33.3 Å². The van der Waals surface area contributed by atoms with Crippen LogP contribution in [-0.2, 0) is 27.4 Å². The van der Waals surface area contributed by atoms with E-state index >= 15 is 0 Å².